The Labute approximate surface area is 134 Å². The van der Waals surface area contributed by atoms with Crippen LogP contribution in [0.25, 0.3) is 11.1 Å². The van der Waals surface area contributed by atoms with Gasteiger partial charge in [-0.25, -0.2) is 0 Å². The third kappa shape index (κ3) is 3.37. The SMILES string of the molecule is Cn1cc(NC(=O)c2ccc(-c3ccccc3)cc2)ccc1=O. The zero-order valence-electron chi connectivity index (χ0n) is 12.7. The maximum absolute atomic E-state index is 12.3. The van der Waals surface area contributed by atoms with E-state index in [2.05, 4.69) is 5.32 Å². The van der Waals surface area contributed by atoms with Gasteiger partial charge in [0.1, 0.15) is 0 Å². The fourth-order valence-corrected chi connectivity index (χ4v) is 2.32. The summed E-state index contributed by atoms with van der Waals surface area (Å²) in [5, 5.41) is 2.79. The minimum absolute atomic E-state index is 0.116. The molecule has 0 spiro atoms. The number of nitrogens with zero attached hydrogens (tertiary/aromatic N) is 1. The highest BCUT2D eigenvalue weighted by molar-refractivity contribution is 6.04. The van der Waals surface area contributed by atoms with Crippen LogP contribution in [0.5, 0.6) is 0 Å². The summed E-state index contributed by atoms with van der Waals surface area (Å²) < 4.78 is 1.42. The molecule has 1 heterocycles. The Bertz CT molecular complexity index is 881. The number of carbonyl (C=O) groups is 1. The van der Waals surface area contributed by atoms with Gasteiger partial charge in [-0.2, -0.15) is 0 Å². The minimum atomic E-state index is -0.205. The van der Waals surface area contributed by atoms with Gasteiger partial charge in [-0.15, -0.1) is 0 Å². The minimum Gasteiger partial charge on any atom is -0.321 e. The predicted octanol–water partition coefficient (Wildman–Crippen LogP) is 3.30. The van der Waals surface area contributed by atoms with E-state index < -0.39 is 0 Å². The van der Waals surface area contributed by atoms with Gasteiger partial charge in [0.25, 0.3) is 5.91 Å². The number of aryl methyl sites for hydroxylation is 1. The normalized spacial score (nSPS) is 10.3. The van der Waals surface area contributed by atoms with Crippen LogP contribution in [0.3, 0.4) is 0 Å². The standard InChI is InChI=1S/C19H16N2O2/c1-21-13-17(11-12-18(21)22)20-19(23)16-9-7-15(8-10-16)14-5-3-2-4-6-14/h2-13H,1H3,(H,20,23). The van der Waals surface area contributed by atoms with Crippen molar-refractivity contribution in [3.05, 3.63) is 88.8 Å². The van der Waals surface area contributed by atoms with Crippen molar-refractivity contribution in [1.29, 1.82) is 0 Å². The fourth-order valence-electron chi connectivity index (χ4n) is 2.32. The number of rotatable bonds is 3. The van der Waals surface area contributed by atoms with E-state index in [-0.39, 0.29) is 11.5 Å². The molecule has 4 heteroatoms. The highest BCUT2D eigenvalue weighted by Crippen LogP contribution is 2.19. The highest BCUT2D eigenvalue weighted by Gasteiger charge is 2.07. The number of hydrogen-bond donors (Lipinski definition) is 1. The number of carbonyl (C=O) groups excluding carboxylic acids is 1. The molecule has 3 rings (SSSR count). The molecule has 0 bridgehead atoms. The van der Waals surface area contributed by atoms with Gasteiger partial charge >= 0.3 is 0 Å². The topological polar surface area (TPSA) is 51.1 Å². The summed E-state index contributed by atoms with van der Waals surface area (Å²) >= 11 is 0. The van der Waals surface area contributed by atoms with Gasteiger partial charge in [-0.05, 0) is 29.3 Å². The third-order valence-corrected chi connectivity index (χ3v) is 3.60. The molecule has 0 unspecified atom stereocenters. The van der Waals surface area contributed by atoms with Gasteiger partial charge in [0.05, 0.1) is 5.69 Å². The molecule has 114 valence electrons. The van der Waals surface area contributed by atoms with Crippen molar-refractivity contribution in [2.45, 2.75) is 0 Å². The van der Waals surface area contributed by atoms with Crippen molar-refractivity contribution in [3.63, 3.8) is 0 Å². The first-order valence-electron chi connectivity index (χ1n) is 7.27. The molecule has 2 aromatic carbocycles. The van der Waals surface area contributed by atoms with E-state index in [1.54, 1.807) is 31.4 Å². The summed E-state index contributed by atoms with van der Waals surface area (Å²) in [6, 6.07) is 20.4. The van der Waals surface area contributed by atoms with Crippen LogP contribution in [0.4, 0.5) is 5.69 Å². The second-order valence-corrected chi connectivity index (χ2v) is 5.26. The quantitative estimate of drug-likeness (QED) is 0.807. The fraction of sp³-hybridized carbons (Fsp3) is 0.0526. The molecule has 0 aliphatic rings. The summed E-state index contributed by atoms with van der Waals surface area (Å²) in [6.07, 6.45) is 1.60. The van der Waals surface area contributed by atoms with Gasteiger partial charge in [-0.3, -0.25) is 9.59 Å². The van der Waals surface area contributed by atoms with E-state index in [1.807, 2.05) is 42.5 Å². The molecule has 1 aromatic heterocycles. The van der Waals surface area contributed by atoms with Crippen LogP contribution < -0.4 is 10.9 Å². The summed E-state index contributed by atoms with van der Waals surface area (Å²) in [5.41, 5.74) is 3.21. The molecule has 3 aromatic rings. The molecule has 23 heavy (non-hydrogen) atoms. The van der Waals surface area contributed by atoms with Crippen molar-refractivity contribution < 1.29 is 4.79 Å². The number of aromatic nitrogens is 1. The van der Waals surface area contributed by atoms with E-state index >= 15 is 0 Å². The van der Waals surface area contributed by atoms with Crippen LogP contribution in [-0.4, -0.2) is 10.5 Å². The molecule has 0 radical (unpaired) electrons. The first-order chi connectivity index (χ1) is 11.1. The van der Waals surface area contributed by atoms with Gasteiger partial charge in [-0.1, -0.05) is 42.5 Å². The van der Waals surface area contributed by atoms with Crippen LogP contribution in [0.15, 0.2) is 77.7 Å². The van der Waals surface area contributed by atoms with Crippen molar-refractivity contribution >= 4 is 11.6 Å². The van der Waals surface area contributed by atoms with Gasteiger partial charge in [0, 0.05) is 24.9 Å². The van der Waals surface area contributed by atoms with Crippen molar-refractivity contribution in [2.24, 2.45) is 7.05 Å². The lowest BCUT2D eigenvalue weighted by molar-refractivity contribution is 0.102. The summed E-state index contributed by atoms with van der Waals surface area (Å²) in [4.78, 5) is 23.6. The van der Waals surface area contributed by atoms with Crippen LogP contribution in [0.2, 0.25) is 0 Å². The third-order valence-electron chi connectivity index (χ3n) is 3.60. The zero-order valence-corrected chi connectivity index (χ0v) is 12.7. The van der Waals surface area contributed by atoms with Crippen LogP contribution >= 0.6 is 0 Å². The Balaban J connectivity index is 1.77. The smallest absolute Gasteiger partial charge is 0.255 e. The lowest BCUT2D eigenvalue weighted by atomic mass is 10.0. The summed E-state index contributed by atoms with van der Waals surface area (Å²) in [6.45, 7) is 0. The molecular formula is C19H16N2O2. The first kappa shape index (κ1) is 14.8. The number of pyridine rings is 1. The Hall–Kier alpha value is -3.14. The lowest BCUT2D eigenvalue weighted by Crippen LogP contribution is -2.17. The number of amides is 1. The Morgan fingerprint density at radius 2 is 1.52 bits per heavy atom. The Kier molecular flexibility index (Phi) is 4.06. The van der Waals surface area contributed by atoms with Crippen molar-refractivity contribution in [2.75, 3.05) is 5.32 Å². The first-order valence-corrected chi connectivity index (χ1v) is 7.27. The van der Waals surface area contributed by atoms with Crippen molar-refractivity contribution in [1.82, 2.24) is 4.57 Å². The molecule has 0 saturated heterocycles. The molecule has 1 N–H and O–H groups in total. The molecule has 0 saturated carbocycles. The number of anilines is 1. The van der Waals surface area contributed by atoms with E-state index in [1.165, 1.54) is 10.6 Å². The molecule has 0 aliphatic heterocycles. The Morgan fingerprint density at radius 3 is 2.17 bits per heavy atom. The van der Waals surface area contributed by atoms with Crippen molar-refractivity contribution in [3.8, 4) is 11.1 Å². The lowest BCUT2D eigenvalue weighted by Gasteiger charge is -2.07. The van der Waals surface area contributed by atoms with Gasteiger partial charge in [0.15, 0.2) is 0 Å². The average Bonchev–Trinajstić information content (AvgIpc) is 2.59. The highest BCUT2D eigenvalue weighted by atomic mass is 16.1. The van der Waals surface area contributed by atoms with E-state index in [4.69, 9.17) is 0 Å². The maximum atomic E-state index is 12.3. The van der Waals surface area contributed by atoms with E-state index in [0.29, 0.717) is 11.3 Å². The second-order valence-electron chi connectivity index (χ2n) is 5.26. The summed E-state index contributed by atoms with van der Waals surface area (Å²) in [5.74, 6) is -0.205. The average molecular weight is 304 g/mol. The van der Waals surface area contributed by atoms with Crippen LogP contribution in [0.1, 0.15) is 10.4 Å². The zero-order chi connectivity index (χ0) is 16.2. The summed E-state index contributed by atoms with van der Waals surface area (Å²) in [7, 11) is 1.65. The number of hydrogen-bond acceptors (Lipinski definition) is 2. The molecule has 4 nitrogen and oxygen atoms in total. The van der Waals surface area contributed by atoms with E-state index in [9.17, 15) is 9.59 Å². The molecular weight excluding hydrogens is 288 g/mol. The molecule has 0 fully saturated rings. The maximum Gasteiger partial charge on any atom is 0.255 e. The molecule has 0 atom stereocenters. The largest absolute Gasteiger partial charge is 0.321 e. The number of nitrogens with one attached hydrogen (secondary N) is 1. The predicted molar refractivity (Wildman–Crippen MR) is 91.5 cm³/mol. The Morgan fingerprint density at radius 1 is 0.870 bits per heavy atom. The second kappa shape index (κ2) is 6.32. The van der Waals surface area contributed by atoms with Gasteiger partial charge < -0.3 is 9.88 Å². The number of benzene rings is 2. The van der Waals surface area contributed by atoms with Crippen LogP contribution in [0, 0.1) is 0 Å². The molecule has 0 aliphatic carbocycles. The van der Waals surface area contributed by atoms with E-state index in [0.717, 1.165) is 11.1 Å². The molecule has 1 amide bonds. The monoisotopic (exact) mass is 304 g/mol. The van der Waals surface area contributed by atoms with Gasteiger partial charge in [0.2, 0.25) is 5.56 Å². The van der Waals surface area contributed by atoms with Crippen LogP contribution in [-0.2, 0) is 7.05 Å².